The van der Waals surface area contributed by atoms with Crippen LogP contribution in [-0.2, 0) is 17.8 Å². The summed E-state index contributed by atoms with van der Waals surface area (Å²) in [6.07, 6.45) is -0.383. The number of para-hydroxylation sites is 1. The van der Waals surface area contributed by atoms with Gasteiger partial charge >= 0.3 is 17.8 Å². The molecule has 0 spiro atoms. The van der Waals surface area contributed by atoms with Gasteiger partial charge in [-0.15, -0.1) is 11.3 Å². The van der Waals surface area contributed by atoms with Gasteiger partial charge in [0.15, 0.2) is 0 Å². The van der Waals surface area contributed by atoms with Crippen molar-refractivity contribution in [3.05, 3.63) is 116 Å². The number of carbonyl (C=O) groups excluding carboxylic acids is 2. The van der Waals surface area contributed by atoms with Crippen LogP contribution in [0.1, 0.15) is 18.1 Å². The monoisotopic (exact) mass is 688 g/mol. The second-order valence-electron chi connectivity index (χ2n) is 11.5. The van der Waals surface area contributed by atoms with Gasteiger partial charge in [0, 0.05) is 42.3 Å². The number of hydrogen-bond acceptors (Lipinski definition) is 7. The standard InChI is InChI=1S/C35H34F2N6O5S/c1-3-38-33(45)39-23-14-12-22(13-15-23)30-26(20-40(2)16-17-41-18-19-48-35(41)47)29-31(44)43(24-8-5-4-6-9-24)34(46)42(32(29)49-30)21-25-27(36)10-7-11-28(25)37/h4-15H,3,16-21H2,1-2H3,(H2,38,39,45). The van der Waals surface area contributed by atoms with E-state index in [1.807, 2.05) is 18.9 Å². The highest BCUT2D eigenvalue weighted by molar-refractivity contribution is 7.22. The van der Waals surface area contributed by atoms with Crippen LogP contribution >= 0.6 is 11.3 Å². The Morgan fingerprint density at radius 2 is 1.67 bits per heavy atom. The Morgan fingerprint density at radius 1 is 0.959 bits per heavy atom. The summed E-state index contributed by atoms with van der Waals surface area (Å²) in [4.78, 5) is 57.3. The summed E-state index contributed by atoms with van der Waals surface area (Å²) in [5.74, 6) is -1.63. The van der Waals surface area contributed by atoms with E-state index >= 15 is 8.78 Å². The van der Waals surface area contributed by atoms with Gasteiger partial charge < -0.3 is 25.2 Å². The van der Waals surface area contributed by atoms with Crippen molar-refractivity contribution in [1.82, 2.24) is 24.3 Å². The molecule has 3 aromatic carbocycles. The summed E-state index contributed by atoms with van der Waals surface area (Å²) in [5.41, 5.74) is 0.543. The smallest absolute Gasteiger partial charge is 0.409 e. The molecule has 0 aliphatic carbocycles. The Morgan fingerprint density at radius 3 is 2.33 bits per heavy atom. The zero-order chi connectivity index (χ0) is 34.7. The summed E-state index contributed by atoms with van der Waals surface area (Å²) >= 11 is 1.17. The number of amides is 3. The van der Waals surface area contributed by atoms with Gasteiger partial charge in [-0.1, -0.05) is 36.4 Å². The third kappa shape index (κ3) is 6.96. The van der Waals surface area contributed by atoms with Gasteiger partial charge in [0.2, 0.25) is 0 Å². The molecule has 1 aliphatic rings. The molecule has 2 aromatic heterocycles. The summed E-state index contributed by atoms with van der Waals surface area (Å²) < 4.78 is 37.4. The van der Waals surface area contributed by atoms with Crippen molar-refractivity contribution >= 4 is 39.4 Å². The maximum Gasteiger partial charge on any atom is 0.409 e. The fourth-order valence-corrected chi connectivity index (χ4v) is 7.05. The molecule has 2 N–H and O–H groups in total. The molecule has 0 atom stereocenters. The van der Waals surface area contributed by atoms with Crippen molar-refractivity contribution < 1.29 is 23.1 Å². The fraction of sp³-hybridized carbons (Fsp3) is 0.257. The topological polar surface area (TPSA) is 118 Å². The Hall–Kier alpha value is -5.34. The van der Waals surface area contributed by atoms with Gasteiger partial charge in [-0.05, 0) is 61.5 Å². The molecule has 0 bridgehead atoms. The molecule has 14 heteroatoms. The lowest BCUT2D eigenvalue weighted by Gasteiger charge is -2.21. The van der Waals surface area contributed by atoms with Crippen LogP contribution in [0.5, 0.6) is 0 Å². The van der Waals surface area contributed by atoms with E-state index in [4.69, 9.17) is 4.74 Å². The lowest BCUT2D eigenvalue weighted by Crippen LogP contribution is -2.39. The average Bonchev–Trinajstić information content (AvgIpc) is 3.67. The zero-order valence-corrected chi connectivity index (χ0v) is 27.7. The van der Waals surface area contributed by atoms with Crippen molar-refractivity contribution in [1.29, 1.82) is 0 Å². The number of rotatable bonds is 11. The van der Waals surface area contributed by atoms with Crippen LogP contribution in [-0.4, -0.2) is 70.9 Å². The van der Waals surface area contributed by atoms with E-state index in [0.717, 1.165) is 16.7 Å². The average molecular weight is 689 g/mol. The van der Waals surface area contributed by atoms with Gasteiger partial charge in [-0.3, -0.25) is 9.36 Å². The largest absolute Gasteiger partial charge is 0.448 e. The van der Waals surface area contributed by atoms with Crippen LogP contribution in [0.25, 0.3) is 26.3 Å². The Bertz CT molecular complexity index is 2110. The molecule has 0 unspecified atom stereocenters. The number of cyclic esters (lactones) is 1. The van der Waals surface area contributed by atoms with Crippen molar-refractivity contribution in [2.75, 3.05) is 45.2 Å². The molecular formula is C35H34F2N6O5S. The van der Waals surface area contributed by atoms with Gasteiger partial charge in [-0.25, -0.2) is 27.7 Å². The number of anilines is 1. The molecule has 1 fully saturated rings. The number of benzene rings is 3. The SMILES string of the molecule is CCNC(=O)Nc1ccc(-c2sc3c(c2CN(C)CCN2CCOC2=O)c(=O)n(-c2ccccc2)c(=O)n3Cc2c(F)cccc2F)cc1. The molecule has 6 rings (SSSR count). The van der Waals surface area contributed by atoms with Gasteiger partial charge in [0.1, 0.15) is 23.1 Å². The van der Waals surface area contributed by atoms with E-state index < -0.39 is 29.4 Å². The highest BCUT2D eigenvalue weighted by atomic mass is 32.1. The molecule has 3 heterocycles. The minimum atomic E-state index is -0.815. The summed E-state index contributed by atoms with van der Waals surface area (Å²) in [6.45, 7) is 3.72. The first-order valence-electron chi connectivity index (χ1n) is 15.7. The first kappa shape index (κ1) is 33.6. The van der Waals surface area contributed by atoms with Crippen LogP contribution in [0.3, 0.4) is 0 Å². The Balaban J connectivity index is 1.54. The third-order valence-electron chi connectivity index (χ3n) is 8.23. The van der Waals surface area contributed by atoms with Crippen molar-refractivity contribution in [2.24, 2.45) is 0 Å². The second kappa shape index (κ2) is 14.4. The summed E-state index contributed by atoms with van der Waals surface area (Å²) in [7, 11) is 1.86. The molecule has 5 aromatic rings. The predicted molar refractivity (Wildman–Crippen MR) is 185 cm³/mol. The Labute approximate surface area is 284 Å². The van der Waals surface area contributed by atoms with E-state index in [1.54, 1.807) is 59.5 Å². The molecule has 1 aliphatic heterocycles. The van der Waals surface area contributed by atoms with Gasteiger partial charge in [-0.2, -0.15) is 0 Å². The summed E-state index contributed by atoms with van der Waals surface area (Å²) in [6, 6.07) is 18.6. The lowest BCUT2D eigenvalue weighted by molar-refractivity contribution is 0.155. The number of urea groups is 1. The molecule has 0 saturated carbocycles. The third-order valence-corrected chi connectivity index (χ3v) is 9.54. The zero-order valence-electron chi connectivity index (χ0n) is 26.9. The molecule has 254 valence electrons. The maximum absolute atomic E-state index is 15.0. The van der Waals surface area contributed by atoms with E-state index in [2.05, 4.69) is 10.6 Å². The predicted octanol–water partition coefficient (Wildman–Crippen LogP) is 5.23. The summed E-state index contributed by atoms with van der Waals surface area (Å²) in [5, 5.41) is 5.68. The van der Waals surface area contributed by atoms with Gasteiger partial charge in [0.25, 0.3) is 5.56 Å². The number of ether oxygens (including phenoxy) is 1. The highest BCUT2D eigenvalue weighted by Gasteiger charge is 2.27. The van der Waals surface area contributed by atoms with E-state index in [1.165, 1.54) is 22.0 Å². The van der Waals surface area contributed by atoms with E-state index in [-0.39, 0.29) is 34.4 Å². The van der Waals surface area contributed by atoms with Crippen molar-refractivity contribution in [3.8, 4) is 16.1 Å². The highest BCUT2D eigenvalue weighted by Crippen LogP contribution is 2.38. The molecule has 1 saturated heterocycles. The first-order chi connectivity index (χ1) is 23.7. The number of nitrogens with zero attached hydrogens (tertiary/aromatic N) is 4. The maximum atomic E-state index is 15.0. The number of carbonyl (C=O) groups is 2. The molecule has 11 nitrogen and oxygen atoms in total. The fourth-order valence-electron chi connectivity index (χ4n) is 5.75. The number of aromatic nitrogens is 2. The van der Waals surface area contributed by atoms with Crippen molar-refractivity contribution in [3.63, 3.8) is 0 Å². The van der Waals surface area contributed by atoms with Crippen molar-refractivity contribution in [2.45, 2.75) is 20.0 Å². The number of nitrogens with one attached hydrogen (secondary N) is 2. The van der Waals surface area contributed by atoms with Gasteiger partial charge in [0.05, 0.1) is 24.2 Å². The van der Waals surface area contributed by atoms with Crippen LogP contribution in [0.15, 0.2) is 82.4 Å². The molecular weight excluding hydrogens is 654 g/mol. The van der Waals surface area contributed by atoms with Crippen LogP contribution in [0, 0.1) is 11.6 Å². The molecule has 49 heavy (non-hydrogen) atoms. The molecule has 3 amide bonds. The van der Waals surface area contributed by atoms with Crippen LogP contribution in [0.4, 0.5) is 24.1 Å². The van der Waals surface area contributed by atoms with E-state index in [0.29, 0.717) is 60.2 Å². The van der Waals surface area contributed by atoms with E-state index in [9.17, 15) is 19.2 Å². The lowest BCUT2D eigenvalue weighted by atomic mass is 10.1. The first-order valence-corrected chi connectivity index (χ1v) is 16.5. The Kier molecular flexibility index (Phi) is 9.87. The number of likely N-dealkylation sites (N-methyl/N-ethyl adjacent to an activating group) is 1. The number of thiophene rings is 1. The van der Waals surface area contributed by atoms with Crippen LogP contribution in [0.2, 0.25) is 0 Å². The number of halogens is 2. The molecule has 0 radical (unpaired) electrons. The minimum Gasteiger partial charge on any atom is -0.448 e. The normalized spacial score (nSPS) is 12.9. The number of fused-ring (bicyclic) bond motifs is 1. The second-order valence-corrected chi connectivity index (χ2v) is 12.5. The number of hydrogen-bond donors (Lipinski definition) is 2. The van der Waals surface area contributed by atoms with Crippen LogP contribution < -0.4 is 21.9 Å². The quantitative estimate of drug-likeness (QED) is 0.196. The minimum absolute atomic E-state index is 0.233.